The fourth-order valence-electron chi connectivity index (χ4n) is 2.04. The number of thiazole rings is 1. The topological polar surface area (TPSA) is 87.5 Å². The molecule has 0 saturated heterocycles. The normalized spacial score (nSPS) is 10.9. The first-order chi connectivity index (χ1) is 11.6. The molecule has 0 atom stereocenters. The molecule has 0 radical (unpaired) electrons. The minimum absolute atomic E-state index is 0.168. The molecule has 3 aromatic rings. The highest BCUT2D eigenvalue weighted by atomic mass is 32.1. The maximum atomic E-state index is 11.0. The number of hydrazone groups is 1. The molecule has 0 fully saturated rings. The molecule has 7 heteroatoms. The minimum atomic E-state index is -0.989. The molecule has 0 amide bonds. The van der Waals surface area contributed by atoms with Crippen LogP contribution in [0.1, 0.15) is 21.6 Å². The second-order valence-corrected chi connectivity index (χ2v) is 5.91. The van der Waals surface area contributed by atoms with Crippen LogP contribution in [-0.2, 0) is 0 Å². The molecular formula is C17H14N4O2S. The summed E-state index contributed by atoms with van der Waals surface area (Å²) in [5.74, 6) is -0.989. The van der Waals surface area contributed by atoms with E-state index in [0.717, 1.165) is 27.5 Å². The molecule has 120 valence electrons. The maximum Gasteiger partial charge on any atom is 0.337 e. The first-order valence-electron chi connectivity index (χ1n) is 7.12. The lowest BCUT2D eigenvalue weighted by molar-refractivity contribution is 0.0696. The van der Waals surface area contributed by atoms with Crippen molar-refractivity contribution in [2.45, 2.75) is 6.92 Å². The van der Waals surface area contributed by atoms with Crippen LogP contribution < -0.4 is 5.43 Å². The van der Waals surface area contributed by atoms with E-state index in [4.69, 9.17) is 5.11 Å². The van der Waals surface area contributed by atoms with Gasteiger partial charge in [-0.25, -0.2) is 9.78 Å². The van der Waals surface area contributed by atoms with E-state index >= 15 is 0 Å². The average Bonchev–Trinajstić information content (AvgIpc) is 3.01. The van der Waals surface area contributed by atoms with Crippen LogP contribution in [0.3, 0.4) is 0 Å². The van der Waals surface area contributed by atoms with E-state index in [-0.39, 0.29) is 5.56 Å². The number of carbonyl (C=O) groups is 1. The number of nitrogens with one attached hydrogen (secondary N) is 1. The lowest BCUT2D eigenvalue weighted by Crippen LogP contribution is -1.97. The largest absolute Gasteiger partial charge is 0.478 e. The van der Waals surface area contributed by atoms with Gasteiger partial charge in [-0.3, -0.25) is 10.4 Å². The van der Waals surface area contributed by atoms with Gasteiger partial charge in [-0.1, -0.05) is 24.3 Å². The van der Waals surface area contributed by atoms with E-state index in [1.807, 2.05) is 36.6 Å². The Morgan fingerprint density at radius 3 is 2.71 bits per heavy atom. The Bertz CT molecular complexity index is 888. The fourth-order valence-corrected chi connectivity index (χ4v) is 2.68. The standard InChI is InChI=1S/C17H14N4O2S/c1-11-10-24-17(20-11)21-19-7-12-2-4-13(5-3-12)14-6-15(16(22)23)9-18-8-14/h2-10H,1H3,(H,20,21)(H,22,23). The van der Waals surface area contributed by atoms with E-state index in [0.29, 0.717) is 0 Å². The van der Waals surface area contributed by atoms with E-state index in [2.05, 4.69) is 20.5 Å². The van der Waals surface area contributed by atoms with Gasteiger partial charge in [-0.05, 0) is 24.1 Å². The van der Waals surface area contributed by atoms with Gasteiger partial charge in [-0.15, -0.1) is 11.3 Å². The zero-order valence-electron chi connectivity index (χ0n) is 12.8. The molecule has 0 saturated carbocycles. The Hall–Kier alpha value is -3.06. The number of benzene rings is 1. The smallest absolute Gasteiger partial charge is 0.337 e. The summed E-state index contributed by atoms with van der Waals surface area (Å²) in [5.41, 5.74) is 6.58. The molecule has 0 aliphatic heterocycles. The highest BCUT2D eigenvalue weighted by Gasteiger charge is 2.05. The van der Waals surface area contributed by atoms with Crippen LogP contribution >= 0.6 is 11.3 Å². The number of hydrogen-bond acceptors (Lipinski definition) is 6. The van der Waals surface area contributed by atoms with Gasteiger partial charge in [0, 0.05) is 23.3 Å². The molecule has 24 heavy (non-hydrogen) atoms. The summed E-state index contributed by atoms with van der Waals surface area (Å²) in [6, 6.07) is 9.21. The van der Waals surface area contributed by atoms with Crippen molar-refractivity contribution in [3.05, 3.63) is 64.9 Å². The highest BCUT2D eigenvalue weighted by Crippen LogP contribution is 2.20. The molecule has 0 aliphatic rings. The predicted molar refractivity (Wildman–Crippen MR) is 94.7 cm³/mol. The molecular weight excluding hydrogens is 324 g/mol. The number of carboxylic acid groups (broad SMARTS) is 1. The van der Waals surface area contributed by atoms with Crippen molar-refractivity contribution in [2.75, 3.05) is 5.43 Å². The van der Waals surface area contributed by atoms with Crippen LogP contribution in [0.5, 0.6) is 0 Å². The summed E-state index contributed by atoms with van der Waals surface area (Å²) in [7, 11) is 0. The van der Waals surface area contributed by atoms with Gasteiger partial charge < -0.3 is 5.11 Å². The van der Waals surface area contributed by atoms with Crippen LogP contribution in [-0.4, -0.2) is 27.3 Å². The van der Waals surface area contributed by atoms with Gasteiger partial charge in [0.25, 0.3) is 0 Å². The first kappa shape index (κ1) is 15.8. The Kier molecular flexibility index (Phi) is 4.62. The van der Waals surface area contributed by atoms with Crippen molar-refractivity contribution in [2.24, 2.45) is 5.10 Å². The van der Waals surface area contributed by atoms with Crippen LogP contribution in [0.15, 0.2) is 53.2 Å². The maximum absolute atomic E-state index is 11.0. The van der Waals surface area contributed by atoms with Crippen LogP contribution in [0.4, 0.5) is 5.13 Å². The second kappa shape index (κ2) is 7.01. The average molecular weight is 338 g/mol. The van der Waals surface area contributed by atoms with Crippen molar-refractivity contribution >= 4 is 28.7 Å². The number of nitrogens with zero attached hydrogens (tertiary/aromatic N) is 3. The number of aryl methyl sites for hydroxylation is 1. The van der Waals surface area contributed by atoms with Gasteiger partial charge in [-0.2, -0.15) is 5.10 Å². The second-order valence-electron chi connectivity index (χ2n) is 5.05. The minimum Gasteiger partial charge on any atom is -0.478 e. The van der Waals surface area contributed by atoms with E-state index in [1.165, 1.54) is 17.5 Å². The summed E-state index contributed by atoms with van der Waals surface area (Å²) < 4.78 is 0. The summed E-state index contributed by atoms with van der Waals surface area (Å²) >= 11 is 1.50. The Morgan fingerprint density at radius 1 is 1.25 bits per heavy atom. The predicted octanol–water partition coefficient (Wildman–Crippen LogP) is 3.66. The number of carboxylic acids is 1. The van der Waals surface area contributed by atoms with Crippen molar-refractivity contribution in [1.29, 1.82) is 0 Å². The van der Waals surface area contributed by atoms with Gasteiger partial charge in [0.1, 0.15) is 0 Å². The monoisotopic (exact) mass is 338 g/mol. The number of aromatic carboxylic acids is 1. The molecule has 2 heterocycles. The van der Waals surface area contributed by atoms with Crippen molar-refractivity contribution in [3.8, 4) is 11.1 Å². The number of rotatable bonds is 5. The summed E-state index contributed by atoms with van der Waals surface area (Å²) in [4.78, 5) is 19.2. The summed E-state index contributed by atoms with van der Waals surface area (Å²) in [6.07, 6.45) is 4.67. The lowest BCUT2D eigenvalue weighted by Gasteiger charge is -2.03. The third-order valence-electron chi connectivity index (χ3n) is 3.22. The van der Waals surface area contributed by atoms with E-state index in [9.17, 15) is 4.79 Å². The molecule has 0 spiro atoms. The first-order valence-corrected chi connectivity index (χ1v) is 8.00. The van der Waals surface area contributed by atoms with Crippen LogP contribution in [0.2, 0.25) is 0 Å². The van der Waals surface area contributed by atoms with E-state index < -0.39 is 5.97 Å². The number of hydrogen-bond donors (Lipinski definition) is 2. The Morgan fingerprint density at radius 2 is 2.04 bits per heavy atom. The Labute approximate surface area is 142 Å². The van der Waals surface area contributed by atoms with Gasteiger partial charge in [0.2, 0.25) is 5.13 Å². The van der Waals surface area contributed by atoms with Crippen molar-refractivity contribution in [3.63, 3.8) is 0 Å². The molecule has 2 aromatic heterocycles. The summed E-state index contributed by atoms with van der Waals surface area (Å²) in [6.45, 7) is 1.93. The zero-order valence-corrected chi connectivity index (χ0v) is 13.6. The van der Waals surface area contributed by atoms with Gasteiger partial charge in [0.05, 0.1) is 17.5 Å². The quantitative estimate of drug-likeness (QED) is 0.547. The number of anilines is 1. The molecule has 0 unspecified atom stereocenters. The summed E-state index contributed by atoms with van der Waals surface area (Å²) in [5, 5.41) is 15.9. The molecule has 3 rings (SSSR count). The number of pyridine rings is 1. The van der Waals surface area contributed by atoms with Crippen molar-refractivity contribution < 1.29 is 9.90 Å². The van der Waals surface area contributed by atoms with Gasteiger partial charge >= 0.3 is 5.97 Å². The molecule has 1 aromatic carbocycles. The molecule has 6 nitrogen and oxygen atoms in total. The number of aromatic nitrogens is 2. The molecule has 0 bridgehead atoms. The zero-order chi connectivity index (χ0) is 16.9. The van der Waals surface area contributed by atoms with Crippen molar-refractivity contribution in [1.82, 2.24) is 9.97 Å². The Balaban J connectivity index is 1.71. The lowest BCUT2D eigenvalue weighted by atomic mass is 10.0. The van der Waals surface area contributed by atoms with Crippen LogP contribution in [0, 0.1) is 6.92 Å². The third-order valence-corrected chi connectivity index (χ3v) is 4.09. The third kappa shape index (κ3) is 3.82. The molecule has 2 N–H and O–H groups in total. The van der Waals surface area contributed by atoms with Gasteiger partial charge in [0.15, 0.2) is 0 Å². The fraction of sp³-hybridized carbons (Fsp3) is 0.0588. The molecule has 0 aliphatic carbocycles. The highest BCUT2D eigenvalue weighted by molar-refractivity contribution is 7.13. The SMILES string of the molecule is Cc1csc(NN=Cc2ccc(-c3cncc(C(=O)O)c3)cc2)n1. The van der Waals surface area contributed by atoms with E-state index in [1.54, 1.807) is 18.5 Å². The van der Waals surface area contributed by atoms with Crippen LogP contribution in [0.25, 0.3) is 11.1 Å².